The maximum absolute atomic E-state index is 4.49. The lowest BCUT2D eigenvalue weighted by Crippen LogP contribution is -1.94. The fourth-order valence-corrected chi connectivity index (χ4v) is 4.47. The molecular formula is C34H18N2S. The molecule has 0 spiro atoms. The highest BCUT2D eigenvalue weighted by atomic mass is 32.1. The molecule has 2 aliphatic carbocycles. The molecule has 0 saturated heterocycles. The molecule has 0 bridgehead atoms. The van der Waals surface area contributed by atoms with Crippen molar-refractivity contribution in [1.29, 1.82) is 0 Å². The molecule has 170 valence electrons. The van der Waals surface area contributed by atoms with Crippen molar-refractivity contribution in [3.63, 3.8) is 0 Å². The van der Waals surface area contributed by atoms with E-state index in [1.165, 1.54) is 23.2 Å². The number of rotatable bonds is 1. The van der Waals surface area contributed by atoms with Gasteiger partial charge in [-0.25, -0.2) is 0 Å². The molecule has 0 atom stereocenters. The Labute approximate surface area is 223 Å². The molecule has 1 heterocycles. The first-order valence-corrected chi connectivity index (χ1v) is 12.5. The minimum absolute atomic E-state index is 0.785. The monoisotopic (exact) mass is 486 g/mol. The Morgan fingerprint density at radius 1 is 0.459 bits per heavy atom. The lowest BCUT2D eigenvalue weighted by Gasteiger charge is -2.07. The smallest absolute Gasteiger partial charge is 0.121 e. The second kappa shape index (κ2) is 11.0. The average molecular weight is 487 g/mol. The van der Waals surface area contributed by atoms with Crippen LogP contribution in [0.15, 0.2) is 60.7 Å². The highest BCUT2D eigenvalue weighted by molar-refractivity contribution is 7.00. The van der Waals surface area contributed by atoms with E-state index in [2.05, 4.69) is 69.2 Å². The van der Waals surface area contributed by atoms with Gasteiger partial charge in [0.05, 0.1) is 28.8 Å². The van der Waals surface area contributed by atoms with Crippen molar-refractivity contribution in [2.24, 2.45) is 0 Å². The minimum atomic E-state index is 0.785. The molecule has 2 nitrogen and oxygen atoms in total. The van der Waals surface area contributed by atoms with E-state index in [1.807, 2.05) is 87.1 Å². The summed E-state index contributed by atoms with van der Waals surface area (Å²) in [5.41, 5.74) is 7.29. The summed E-state index contributed by atoms with van der Waals surface area (Å²) in [5, 5.41) is 0. The molecule has 0 amide bonds. The SMILES string of the molecule is C(#Cc1ccc(C#Cc2ccc(C#Cc3ccc([C]4[CH][CH][CH][CH]4)cc3)c3nsnc23)cc1)[C]1[CH][CH][CH][CH]1. The van der Waals surface area contributed by atoms with Crippen molar-refractivity contribution in [2.45, 2.75) is 0 Å². The predicted molar refractivity (Wildman–Crippen MR) is 149 cm³/mol. The molecule has 3 aromatic carbocycles. The number of fused-ring (bicyclic) bond motifs is 1. The van der Waals surface area contributed by atoms with Crippen LogP contribution in [-0.4, -0.2) is 8.75 Å². The maximum atomic E-state index is 4.49. The molecule has 1 aromatic heterocycles. The van der Waals surface area contributed by atoms with Crippen LogP contribution in [0, 0.1) is 98.7 Å². The molecule has 0 aliphatic heterocycles. The van der Waals surface area contributed by atoms with Gasteiger partial charge in [0.25, 0.3) is 0 Å². The van der Waals surface area contributed by atoms with Crippen molar-refractivity contribution in [1.82, 2.24) is 8.75 Å². The molecule has 10 radical (unpaired) electrons. The highest BCUT2D eigenvalue weighted by Crippen LogP contribution is 2.30. The van der Waals surface area contributed by atoms with Gasteiger partial charge < -0.3 is 0 Å². The van der Waals surface area contributed by atoms with Gasteiger partial charge in [0.1, 0.15) is 11.0 Å². The third-order valence-corrected chi connectivity index (χ3v) is 6.41. The van der Waals surface area contributed by atoms with E-state index in [4.69, 9.17) is 0 Å². The summed E-state index contributed by atoms with van der Waals surface area (Å²) < 4.78 is 8.98. The molecule has 3 heteroatoms. The number of hydrogen-bond donors (Lipinski definition) is 0. The fraction of sp³-hybridized carbons (Fsp3) is 0. The van der Waals surface area contributed by atoms with Crippen LogP contribution in [0.25, 0.3) is 11.0 Å². The Bertz CT molecular complexity index is 1580. The predicted octanol–water partition coefficient (Wildman–Crippen LogP) is 6.00. The van der Waals surface area contributed by atoms with E-state index in [0.717, 1.165) is 44.8 Å². The Hall–Kier alpha value is -3.84. The first-order valence-electron chi connectivity index (χ1n) is 11.8. The van der Waals surface area contributed by atoms with Gasteiger partial charge in [-0.05, 0) is 105 Å². The molecule has 2 aliphatic rings. The van der Waals surface area contributed by atoms with Crippen molar-refractivity contribution in [3.8, 4) is 35.5 Å². The molecule has 2 saturated carbocycles. The zero-order valence-corrected chi connectivity index (χ0v) is 20.5. The molecule has 4 aromatic rings. The normalized spacial score (nSPS) is 15.5. The van der Waals surface area contributed by atoms with Crippen LogP contribution in [0.3, 0.4) is 0 Å². The number of nitrogens with zero attached hydrogens (tertiary/aromatic N) is 2. The summed E-state index contributed by atoms with van der Waals surface area (Å²) in [7, 11) is 0. The highest BCUT2D eigenvalue weighted by Gasteiger charge is 2.18. The zero-order chi connectivity index (χ0) is 24.9. The van der Waals surface area contributed by atoms with Crippen LogP contribution in [0.1, 0.15) is 33.4 Å². The Kier molecular flexibility index (Phi) is 7.03. The van der Waals surface area contributed by atoms with E-state index in [9.17, 15) is 0 Å². The zero-order valence-electron chi connectivity index (χ0n) is 19.7. The minimum Gasteiger partial charge on any atom is -0.172 e. The molecule has 6 rings (SSSR count). The van der Waals surface area contributed by atoms with Crippen molar-refractivity contribution in [3.05, 3.63) is 157 Å². The van der Waals surface area contributed by atoms with Crippen LogP contribution in [0.2, 0.25) is 0 Å². The summed E-state index contributed by atoms with van der Waals surface area (Å²) >= 11 is 1.18. The van der Waals surface area contributed by atoms with E-state index >= 15 is 0 Å². The molecular weight excluding hydrogens is 468 g/mol. The van der Waals surface area contributed by atoms with Gasteiger partial charge in [-0.1, -0.05) is 47.7 Å². The van der Waals surface area contributed by atoms with Crippen LogP contribution in [0.4, 0.5) is 0 Å². The standard InChI is InChI=1S/C34H18N2S/c1-2-6-25(5-1)9-10-26-11-13-27(14-12-26)17-21-31-23-24-32(34-33(31)35-37-36-34)22-18-28-15-19-30(20-16-28)29-7-3-4-8-29/h1-8,11-16,19-20,23-24H. The molecule has 0 N–H and O–H groups in total. The van der Waals surface area contributed by atoms with E-state index in [0.29, 0.717) is 0 Å². The van der Waals surface area contributed by atoms with E-state index in [1.54, 1.807) is 0 Å². The van der Waals surface area contributed by atoms with Crippen LogP contribution >= 0.6 is 11.7 Å². The largest absolute Gasteiger partial charge is 0.172 e. The molecule has 37 heavy (non-hydrogen) atoms. The fourth-order valence-electron chi connectivity index (χ4n) is 3.90. The first-order chi connectivity index (χ1) is 18.3. The number of benzene rings is 3. The van der Waals surface area contributed by atoms with Gasteiger partial charge >= 0.3 is 0 Å². The number of aromatic nitrogens is 2. The second-order valence-corrected chi connectivity index (χ2v) is 8.90. The third kappa shape index (κ3) is 5.62. The van der Waals surface area contributed by atoms with Crippen LogP contribution < -0.4 is 0 Å². The number of hydrogen-bond acceptors (Lipinski definition) is 3. The van der Waals surface area contributed by atoms with Gasteiger partial charge in [-0.3, -0.25) is 0 Å². The van der Waals surface area contributed by atoms with Gasteiger partial charge in [-0.2, -0.15) is 8.75 Å². The average Bonchev–Trinajstić information content (AvgIpc) is 3.74. The summed E-state index contributed by atoms with van der Waals surface area (Å²) in [6.07, 6.45) is 16.3. The topological polar surface area (TPSA) is 25.8 Å². The summed E-state index contributed by atoms with van der Waals surface area (Å²) in [5.74, 6) is 21.6. The summed E-state index contributed by atoms with van der Waals surface area (Å²) in [6, 6.07) is 20.2. The first kappa shape index (κ1) is 23.6. The summed E-state index contributed by atoms with van der Waals surface area (Å²) in [6.45, 7) is 0. The molecule has 0 unspecified atom stereocenters. The van der Waals surface area contributed by atoms with Gasteiger partial charge in [0.15, 0.2) is 0 Å². The Morgan fingerprint density at radius 2 is 0.919 bits per heavy atom. The van der Waals surface area contributed by atoms with Crippen molar-refractivity contribution >= 4 is 22.8 Å². The lowest BCUT2D eigenvalue weighted by molar-refractivity contribution is 1.28. The van der Waals surface area contributed by atoms with Crippen molar-refractivity contribution < 1.29 is 0 Å². The lowest BCUT2D eigenvalue weighted by atomic mass is 9.97. The maximum Gasteiger partial charge on any atom is 0.121 e. The quantitative estimate of drug-likeness (QED) is 0.309. The van der Waals surface area contributed by atoms with Crippen LogP contribution in [0.5, 0.6) is 0 Å². The van der Waals surface area contributed by atoms with Gasteiger partial charge in [0, 0.05) is 22.6 Å². The second-order valence-electron chi connectivity index (χ2n) is 8.37. The molecule has 2 fully saturated rings. The summed E-state index contributed by atoms with van der Waals surface area (Å²) in [4.78, 5) is 0. The Balaban J connectivity index is 1.18. The van der Waals surface area contributed by atoms with E-state index < -0.39 is 0 Å². The third-order valence-electron chi connectivity index (χ3n) is 5.88. The van der Waals surface area contributed by atoms with E-state index in [-0.39, 0.29) is 0 Å². The van der Waals surface area contributed by atoms with Crippen molar-refractivity contribution in [2.75, 3.05) is 0 Å². The van der Waals surface area contributed by atoms with Gasteiger partial charge in [0.2, 0.25) is 0 Å². The van der Waals surface area contributed by atoms with Gasteiger partial charge in [-0.15, -0.1) is 0 Å². The Morgan fingerprint density at radius 3 is 1.46 bits per heavy atom. The van der Waals surface area contributed by atoms with Crippen LogP contribution in [-0.2, 0) is 0 Å².